The van der Waals surface area contributed by atoms with Crippen molar-refractivity contribution in [1.82, 2.24) is 19.9 Å². The molecule has 0 spiro atoms. The fourth-order valence-electron chi connectivity index (χ4n) is 3.90. The van der Waals surface area contributed by atoms with Gasteiger partial charge in [0.25, 0.3) is 0 Å². The molecule has 0 radical (unpaired) electrons. The molecule has 4 rings (SSSR count). The molecule has 27 heavy (non-hydrogen) atoms. The molecule has 3 aromatic rings. The quantitative estimate of drug-likeness (QED) is 0.695. The van der Waals surface area contributed by atoms with Gasteiger partial charge in [0, 0.05) is 34.7 Å². The van der Waals surface area contributed by atoms with E-state index in [-0.39, 0.29) is 0 Å². The Morgan fingerprint density at radius 3 is 2.59 bits per heavy atom. The maximum atomic E-state index is 6.00. The highest BCUT2D eigenvalue weighted by atomic mass is 35.5. The lowest BCUT2D eigenvalue weighted by Gasteiger charge is -2.31. The van der Waals surface area contributed by atoms with Gasteiger partial charge in [0.1, 0.15) is 5.82 Å². The zero-order chi connectivity index (χ0) is 18.6. The average molecular weight is 381 g/mol. The number of piperidine rings is 1. The number of benzene rings is 1. The van der Waals surface area contributed by atoms with Crippen molar-refractivity contribution in [2.75, 3.05) is 13.1 Å². The predicted molar refractivity (Wildman–Crippen MR) is 109 cm³/mol. The first-order valence-corrected chi connectivity index (χ1v) is 9.96. The van der Waals surface area contributed by atoms with Crippen LogP contribution in [-0.2, 0) is 13.0 Å². The van der Waals surface area contributed by atoms with E-state index in [2.05, 4.69) is 46.1 Å². The molecule has 0 saturated carbocycles. The van der Waals surface area contributed by atoms with Crippen LogP contribution in [0.4, 0.5) is 0 Å². The van der Waals surface area contributed by atoms with E-state index in [1.54, 1.807) is 0 Å². The maximum Gasteiger partial charge on any atom is 0.120 e. The standard InChI is InChI=1S/C22H25ClN4/c1-16-12-18(13-17-2-4-20(23)5-3-17)14-21(26-16)19-6-10-27(11-7-19)15-22-24-8-9-25-22/h2-5,8-9,12,14,19H,6-7,10-11,13,15H2,1H3,(H,24,25). The number of hydrogen-bond acceptors (Lipinski definition) is 3. The summed E-state index contributed by atoms with van der Waals surface area (Å²) >= 11 is 6.00. The molecule has 0 atom stereocenters. The van der Waals surface area contributed by atoms with E-state index in [0.717, 1.165) is 55.4 Å². The molecule has 2 aromatic heterocycles. The third-order valence-electron chi connectivity index (χ3n) is 5.29. The third kappa shape index (κ3) is 4.76. The lowest BCUT2D eigenvalue weighted by Crippen LogP contribution is -2.33. The van der Waals surface area contributed by atoms with Gasteiger partial charge in [0.05, 0.1) is 6.54 Å². The van der Waals surface area contributed by atoms with E-state index in [0.29, 0.717) is 5.92 Å². The van der Waals surface area contributed by atoms with Gasteiger partial charge in [-0.1, -0.05) is 23.7 Å². The highest BCUT2D eigenvalue weighted by Gasteiger charge is 2.22. The van der Waals surface area contributed by atoms with Gasteiger partial charge in [-0.25, -0.2) is 4.98 Å². The number of H-pyrrole nitrogens is 1. The first-order valence-electron chi connectivity index (χ1n) is 9.58. The summed E-state index contributed by atoms with van der Waals surface area (Å²) in [5.74, 6) is 1.59. The molecular formula is C22H25ClN4. The van der Waals surface area contributed by atoms with Gasteiger partial charge in [-0.3, -0.25) is 9.88 Å². The van der Waals surface area contributed by atoms with Crippen molar-refractivity contribution in [3.63, 3.8) is 0 Å². The summed E-state index contributed by atoms with van der Waals surface area (Å²) < 4.78 is 0. The summed E-state index contributed by atoms with van der Waals surface area (Å²) in [5.41, 5.74) is 4.97. The van der Waals surface area contributed by atoms with Crippen molar-refractivity contribution >= 4 is 11.6 Å². The molecule has 1 saturated heterocycles. The van der Waals surface area contributed by atoms with Gasteiger partial charge >= 0.3 is 0 Å². The Bertz CT molecular complexity index is 866. The van der Waals surface area contributed by atoms with E-state index in [1.165, 1.54) is 16.8 Å². The highest BCUT2D eigenvalue weighted by molar-refractivity contribution is 6.30. The van der Waals surface area contributed by atoms with E-state index >= 15 is 0 Å². The monoisotopic (exact) mass is 380 g/mol. The second-order valence-electron chi connectivity index (χ2n) is 7.43. The molecule has 0 amide bonds. The van der Waals surface area contributed by atoms with Gasteiger partial charge in [-0.15, -0.1) is 0 Å². The normalized spacial score (nSPS) is 15.9. The minimum atomic E-state index is 0.543. The molecule has 1 aliphatic rings. The number of pyridine rings is 1. The number of rotatable bonds is 5. The van der Waals surface area contributed by atoms with Gasteiger partial charge < -0.3 is 4.98 Å². The summed E-state index contributed by atoms with van der Waals surface area (Å²) in [4.78, 5) is 14.9. The number of nitrogens with one attached hydrogen (secondary N) is 1. The Labute approximate surface area is 165 Å². The van der Waals surface area contributed by atoms with Gasteiger partial charge in [0.2, 0.25) is 0 Å². The summed E-state index contributed by atoms with van der Waals surface area (Å²) in [5, 5.41) is 0.784. The largest absolute Gasteiger partial charge is 0.348 e. The number of likely N-dealkylation sites (tertiary alicyclic amines) is 1. The van der Waals surface area contributed by atoms with Gasteiger partial charge in [0.15, 0.2) is 0 Å². The minimum Gasteiger partial charge on any atom is -0.348 e. The Kier molecular flexibility index (Phi) is 5.55. The van der Waals surface area contributed by atoms with Crippen LogP contribution in [-0.4, -0.2) is 32.9 Å². The van der Waals surface area contributed by atoms with Crippen molar-refractivity contribution in [3.05, 3.63) is 82.2 Å². The lowest BCUT2D eigenvalue weighted by atomic mass is 9.91. The predicted octanol–water partition coefficient (Wildman–Crippen LogP) is 4.74. The third-order valence-corrected chi connectivity index (χ3v) is 5.54. The van der Waals surface area contributed by atoms with E-state index in [1.807, 2.05) is 24.5 Å². The highest BCUT2D eigenvalue weighted by Crippen LogP contribution is 2.28. The molecular weight excluding hydrogens is 356 g/mol. The molecule has 0 aliphatic carbocycles. The number of nitrogens with zero attached hydrogens (tertiary/aromatic N) is 3. The Morgan fingerprint density at radius 2 is 1.89 bits per heavy atom. The van der Waals surface area contributed by atoms with Crippen LogP contribution in [0.15, 0.2) is 48.8 Å². The van der Waals surface area contributed by atoms with E-state index in [4.69, 9.17) is 16.6 Å². The Balaban J connectivity index is 1.41. The summed E-state index contributed by atoms with van der Waals surface area (Å²) in [6.07, 6.45) is 6.93. The molecule has 1 aliphatic heterocycles. The van der Waals surface area contributed by atoms with Crippen LogP contribution >= 0.6 is 11.6 Å². The molecule has 5 heteroatoms. The van der Waals surface area contributed by atoms with Crippen LogP contribution in [0.25, 0.3) is 0 Å². The van der Waals surface area contributed by atoms with Crippen molar-refractivity contribution in [3.8, 4) is 0 Å². The number of hydrogen-bond donors (Lipinski definition) is 1. The fraction of sp³-hybridized carbons (Fsp3) is 0.364. The van der Waals surface area contributed by atoms with Crippen LogP contribution in [0.2, 0.25) is 5.02 Å². The minimum absolute atomic E-state index is 0.543. The van der Waals surface area contributed by atoms with Crippen LogP contribution < -0.4 is 0 Å². The molecule has 1 aromatic carbocycles. The zero-order valence-electron chi connectivity index (χ0n) is 15.7. The van der Waals surface area contributed by atoms with Crippen LogP contribution in [0.5, 0.6) is 0 Å². The van der Waals surface area contributed by atoms with Crippen LogP contribution in [0.1, 0.15) is 47.1 Å². The first-order chi connectivity index (χ1) is 13.2. The van der Waals surface area contributed by atoms with Gasteiger partial charge in [-0.05, 0) is 74.7 Å². The topological polar surface area (TPSA) is 44.8 Å². The zero-order valence-corrected chi connectivity index (χ0v) is 16.4. The van der Waals surface area contributed by atoms with Gasteiger partial charge in [-0.2, -0.15) is 0 Å². The smallest absolute Gasteiger partial charge is 0.120 e. The SMILES string of the molecule is Cc1cc(Cc2ccc(Cl)cc2)cc(C2CCN(Cc3ncc[nH]3)CC2)n1. The second-order valence-corrected chi connectivity index (χ2v) is 7.87. The maximum absolute atomic E-state index is 6.00. The summed E-state index contributed by atoms with van der Waals surface area (Å²) in [6.45, 7) is 5.19. The molecule has 0 bridgehead atoms. The van der Waals surface area contributed by atoms with E-state index < -0.39 is 0 Å². The summed E-state index contributed by atoms with van der Waals surface area (Å²) in [6, 6.07) is 12.6. The number of aromatic amines is 1. The Hall–Kier alpha value is -2.17. The molecule has 140 valence electrons. The average Bonchev–Trinajstić information content (AvgIpc) is 3.17. The summed E-state index contributed by atoms with van der Waals surface area (Å²) in [7, 11) is 0. The molecule has 4 nitrogen and oxygen atoms in total. The number of halogens is 1. The second kappa shape index (κ2) is 8.24. The van der Waals surface area contributed by atoms with Crippen molar-refractivity contribution in [1.29, 1.82) is 0 Å². The molecule has 1 fully saturated rings. The van der Waals surface area contributed by atoms with E-state index in [9.17, 15) is 0 Å². The molecule has 1 N–H and O–H groups in total. The molecule has 3 heterocycles. The number of aromatic nitrogens is 3. The van der Waals surface area contributed by atoms with Crippen molar-refractivity contribution in [2.45, 2.75) is 38.6 Å². The van der Waals surface area contributed by atoms with Crippen molar-refractivity contribution < 1.29 is 0 Å². The molecule has 0 unspecified atom stereocenters. The Morgan fingerprint density at radius 1 is 1.11 bits per heavy atom. The lowest BCUT2D eigenvalue weighted by molar-refractivity contribution is 0.199. The fourth-order valence-corrected chi connectivity index (χ4v) is 4.03. The van der Waals surface area contributed by atoms with Crippen LogP contribution in [0.3, 0.4) is 0 Å². The van der Waals surface area contributed by atoms with Crippen molar-refractivity contribution in [2.24, 2.45) is 0 Å². The number of imidazole rings is 1. The van der Waals surface area contributed by atoms with Crippen LogP contribution in [0, 0.1) is 6.92 Å². The first kappa shape index (κ1) is 18.2. The number of aryl methyl sites for hydroxylation is 1.